The van der Waals surface area contributed by atoms with E-state index in [-0.39, 0.29) is 11.9 Å². The molecule has 2 aromatic rings. The molecule has 5 nitrogen and oxygen atoms in total. The summed E-state index contributed by atoms with van der Waals surface area (Å²) in [7, 11) is 0. The second kappa shape index (κ2) is 7.76. The van der Waals surface area contributed by atoms with Gasteiger partial charge in [-0.1, -0.05) is 24.3 Å². The number of aliphatic imine (C=N–C) groups is 1. The van der Waals surface area contributed by atoms with Gasteiger partial charge in [-0.3, -0.25) is 5.01 Å². The van der Waals surface area contributed by atoms with Crippen LogP contribution in [-0.2, 0) is 6.42 Å². The number of ether oxygens (including phenoxy) is 1. The Hall–Kier alpha value is -2.58. The molecule has 2 aromatic carbocycles. The third kappa shape index (κ3) is 4.74. The number of benzene rings is 2. The lowest BCUT2D eigenvalue weighted by atomic mass is 10.1. The zero-order valence-corrected chi connectivity index (χ0v) is 13.9. The minimum Gasteiger partial charge on any atom is -0.406 e. The predicted octanol–water partition coefficient (Wildman–Crippen LogP) is 3.53. The minimum atomic E-state index is -4.70. The van der Waals surface area contributed by atoms with Gasteiger partial charge in [-0.25, -0.2) is 4.99 Å². The number of nitrogens with zero attached hydrogens (tertiary/aromatic N) is 2. The average Bonchev–Trinajstić information content (AvgIpc) is 3.10. The highest BCUT2D eigenvalue weighted by molar-refractivity contribution is 5.80. The molecule has 0 fully saturated rings. The predicted molar refractivity (Wildman–Crippen MR) is 93.8 cm³/mol. The Morgan fingerprint density at radius 2 is 1.77 bits per heavy atom. The molecule has 138 valence electrons. The van der Waals surface area contributed by atoms with E-state index in [2.05, 4.69) is 15.2 Å². The molecule has 0 saturated carbocycles. The molecule has 8 heteroatoms. The Kier molecular flexibility index (Phi) is 5.43. The highest BCUT2D eigenvalue weighted by atomic mass is 19.4. The summed E-state index contributed by atoms with van der Waals surface area (Å²) in [6.45, 7) is 0.665. The molecule has 0 spiro atoms. The van der Waals surface area contributed by atoms with E-state index in [9.17, 15) is 13.2 Å². The van der Waals surface area contributed by atoms with E-state index in [4.69, 9.17) is 5.73 Å². The van der Waals surface area contributed by atoms with Gasteiger partial charge in [0.25, 0.3) is 0 Å². The second-order valence-corrected chi connectivity index (χ2v) is 5.84. The van der Waals surface area contributed by atoms with E-state index in [1.807, 2.05) is 24.3 Å². The van der Waals surface area contributed by atoms with Crippen molar-refractivity contribution in [2.24, 2.45) is 10.7 Å². The van der Waals surface area contributed by atoms with Crippen LogP contribution in [0, 0.1) is 0 Å². The molecule has 3 N–H and O–H groups in total. The monoisotopic (exact) mass is 364 g/mol. The molecule has 0 bridgehead atoms. The zero-order chi connectivity index (χ0) is 18.6. The lowest BCUT2D eigenvalue weighted by Gasteiger charge is -2.18. The summed E-state index contributed by atoms with van der Waals surface area (Å²) >= 11 is 0. The number of aryl methyl sites for hydroxylation is 1. The quantitative estimate of drug-likeness (QED) is 0.823. The molecule has 1 aliphatic heterocycles. The molecular formula is C18H19F3N4O. The Bertz CT molecular complexity index is 745. The maximum absolute atomic E-state index is 12.2. The summed E-state index contributed by atoms with van der Waals surface area (Å²) in [6.07, 6.45) is -1.45. The van der Waals surface area contributed by atoms with Crippen LogP contribution >= 0.6 is 0 Å². The summed E-state index contributed by atoms with van der Waals surface area (Å²) < 4.78 is 40.5. The SMILES string of the molecule is NCCCc1ccc(C2N=CN(c3ccc(OC(F)(F)F)cc3)N2)cc1. The van der Waals surface area contributed by atoms with Crippen molar-refractivity contribution in [3.8, 4) is 5.75 Å². The molecule has 1 atom stereocenters. The van der Waals surface area contributed by atoms with Gasteiger partial charge in [0.1, 0.15) is 18.3 Å². The van der Waals surface area contributed by atoms with Crippen LogP contribution < -0.4 is 20.9 Å². The van der Waals surface area contributed by atoms with Gasteiger partial charge in [0.2, 0.25) is 0 Å². The van der Waals surface area contributed by atoms with Crippen LogP contribution in [0.4, 0.5) is 18.9 Å². The van der Waals surface area contributed by atoms with Gasteiger partial charge >= 0.3 is 6.36 Å². The number of hydrogen-bond donors (Lipinski definition) is 2. The van der Waals surface area contributed by atoms with Crippen LogP contribution in [0.5, 0.6) is 5.75 Å². The largest absolute Gasteiger partial charge is 0.573 e. The van der Waals surface area contributed by atoms with Crippen molar-refractivity contribution in [2.45, 2.75) is 25.4 Å². The first-order valence-electron chi connectivity index (χ1n) is 8.18. The zero-order valence-electron chi connectivity index (χ0n) is 13.9. The maximum Gasteiger partial charge on any atom is 0.573 e. The van der Waals surface area contributed by atoms with Crippen LogP contribution in [0.3, 0.4) is 0 Å². The Balaban J connectivity index is 1.61. The van der Waals surface area contributed by atoms with Crippen molar-refractivity contribution >= 4 is 12.0 Å². The number of nitrogens with two attached hydrogens (primary N) is 1. The fourth-order valence-electron chi connectivity index (χ4n) is 2.61. The molecule has 1 heterocycles. The van der Waals surface area contributed by atoms with E-state index in [0.29, 0.717) is 12.2 Å². The lowest BCUT2D eigenvalue weighted by molar-refractivity contribution is -0.274. The van der Waals surface area contributed by atoms with Gasteiger partial charge in [-0.05, 0) is 54.8 Å². The van der Waals surface area contributed by atoms with Gasteiger partial charge in [0.05, 0.1) is 5.69 Å². The number of alkyl halides is 3. The Morgan fingerprint density at radius 3 is 2.38 bits per heavy atom. The number of hydrogen-bond acceptors (Lipinski definition) is 5. The smallest absolute Gasteiger partial charge is 0.406 e. The van der Waals surface area contributed by atoms with Crippen molar-refractivity contribution in [1.29, 1.82) is 0 Å². The summed E-state index contributed by atoms with van der Waals surface area (Å²) in [4.78, 5) is 4.40. The minimum absolute atomic E-state index is 0.246. The lowest BCUT2D eigenvalue weighted by Crippen LogP contribution is -2.33. The summed E-state index contributed by atoms with van der Waals surface area (Å²) in [5.41, 5.74) is 11.6. The van der Waals surface area contributed by atoms with Crippen molar-refractivity contribution < 1.29 is 17.9 Å². The molecule has 0 saturated heterocycles. The number of anilines is 1. The first-order chi connectivity index (χ1) is 12.4. The first kappa shape index (κ1) is 18.2. The Morgan fingerprint density at radius 1 is 1.08 bits per heavy atom. The molecule has 0 amide bonds. The third-order valence-electron chi connectivity index (χ3n) is 3.91. The highest BCUT2D eigenvalue weighted by Crippen LogP contribution is 2.27. The molecule has 0 radical (unpaired) electrons. The molecule has 0 aromatic heterocycles. The number of hydrazine groups is 1. The van der Waals surface area contributed by atoms with Crippen LogP contribution in [0.1, 0.15) is 23.7 Å². The fraction of sp³-hybridized carbons (Fsp3) is 0.278. The van der Waals surface area contributed by atoms with Gasteiger partial charge in [0.15, 0.2) is 0 Å². The van der Waals surface area contributed by atoms with E-state index in [0.717, 1.165) is 18.4 Å². The summed E-state index contributed by atoms with van der Waals surface area (Å²) in [5.74, 6) is -0.262. The average molecular weight is 364 g/mol. The molecule has 1 aliphatic rings. The van der Waals surface area contributed by atoms with Crippen LogP contribution in [0.25, 0.3) is 0 Å². The molecule has 26 heavy (non-hydrogen) atoms. The van der Waals surface area contributed by atoms with E-state index in [1.165, 1.54) is 29.8 Å². The summed E-state index contributed by atoms with van der Waals surface area (Å²) in [6, 6.07) is 13.7. The normalized spacial score (nSPS) is 16.9. The summed E-state index contributed by atoms with van der Waals surface area (Å²) in [5, 5.41) is 1.66. The van der Waals surface area contributed by atoms with Gasteiger partial charge < -0.3 is 10.5 Å². The Labute approximate surface area is 149 Å². The van der Waals surface area contributed by atoms with Gasteiger partial charge in [0, 0.05) is 0 Å². The number of nitrogens with one attached hydrogen (secondary N) is 1. The van der Waals surface area contributed by atoms with E-state index >= 15 is 0 Å². The van der Waals surface area contributed by atoms with Crippen molar-refractivity contribution in [3.05, 3.63) is 59.7 Å². The molecule has 1 unspecified atom stereocenters. The van der Waals surface area contributed by atoms with Crippen molar-refractivity contribution in [3.63, 3.8) is 0 Å². The fourth-order valence-corrected chi connectivity index (χ4v) is 2.61. The topological polar surface area (TPSA) is 62.9 Å². The van der Waals surface area contributed by atoms with Gasteiger partial charge in [-0.15, -0.1) is 13.2 Å². The van der Waals surface area contributed by atoms with Crippen LogP contribution in [0.2, 0.25) is 0 Å². The third-order valence-corrected chi connectivity index (χ3v) is 3.91. The van der Waals surface area contributed by atoms with E-state index in [1.54, 1.807) is 11.3 Å². The van der Waals surface area contributed by atoms with Crippen molar-refractivity contribution in [2.75, 3.05) is 11.6 Å². The molecule has 0 aliphatic carbocycles. The first-order valence-corrected chi connectivity index (χ1v) is 8.18. The maximum atomic E-state index is 12.2. The van der Waals surface area contributed by atoms with Crippen LogP contribution in [0.15, 0.2) is 53.5 Å². The number of halogens is 3. The highest BCUT2D eigenvalue weighted by Gasteiger charge is 2.31. The molecule has 3 rings (SSSR count). The van der Waals surface area contributed by atoms with Crippen LogP contribution in [-0.4, -0.2) is 19.2 Å². The molecular weight excluding hydrogens is 345 g/mol. The second-order valence-electron chi connectivity index (χ2n) is 5.84. The van der Waals surface area contributed by atoms with E-state index < -0.39 is 6.36 Å². The van der Waals surface area contributed by atoms with Crippen molar-refractivity contribution in [1.82, 2.24) is 5.43 Å². The standard InChI is InChI=1S/C18H19F3N4O/c19-18(20,21)26-16-9-7-15(8-10-16)25-12-23-17(24-25)14-5-3-13(4-6-14)2-1-11-22/h3-10,12,17,24H,1-2,11,22H2. The van der Waals surface area contributed by atoms with Gasteiger partial charge in [-0.2, -0.15) is 5.43 Å². The number of rotatable bonds is 6.